The van der Waals surface area contributed by atoms with E-state index < -0.39 is 0 Å². The predicted octanol–water partition coefficient (Wildman–Crippen LogP) is 4.42. The molecule has 2 aliphatic rings. The molecule has 1 aliphatic carbocycles. The molecule has 4 aromatic rings. The predicted molar refractivity (Wildman–Crippen MR) is 151 cm³/mol. The molecule has 0 spiro atoms. The first-order valence-electron chi connectivity index (χ1n) is 13.4. The number of ether oxygens (including phenoxy) is 3. The van der Waals surface area contributed by atoms with E-state index in [9.17, 15) is 0 Å². The highest BCUT2D eigenvalue weighted by Gasteiger charge is 2.41. The minimum absolute atomic E-state index is 0.199. The Kier molecular flexibility index (Phi) is 7.29. The van der Waals surface area contributed by atoms with Gasteiger partial charge in [-0.2, -0.15) is 4.98 Å². The third kappa shape index (κ3) is 5.66. The second kappa shape index (κ2) is 11.0. The molecule has 2 fully saturated rings. The van der Waals surface area contributed by atoms with E-state index in [1.54, 1.807) is 7.11 Å². The number of nitrogens with zero attached hydrogens (tertiary/aromatic N) is 5. The van der Waals surface area contributed by atoms with Crippen LogP contribution in [0.3, 0.4) is 0 Å². The monoisotopic (exact) mass is 548 g/mol. The fraction of sp³-hybridized carbons (Fsp3) is 0.414. The summed E-state index contributed by atoms with van der Waals surface area (Å²) in [6.07, 6.45) is 3.53. The number of nitrogens with one attached hydrogen (secondary N) is 1. The molecule has 39 heavy (non-hydrogen) atoms. The van der Waals surface area contributed by atoms with Crippen molar-refractivity contribution >= 4 is 22.8 Å². The Labute approximate surface area is 233 Å². The lowest BCUT2D eigenvalue weighted by molar-refractivity contribution is 0.188. The van der Waals surface area contributed by atoms with Crippen molar-refractivity contribution in [2.45, 2.75) is 31.9 Å². The first-order valence-corrected chi connectivity index (χ1v) is 13.8. The number of imidazole rings is 1. The number of rotatable bonds is 10. The standard InChI is InChI=1S/C29H33ClN6O3/c1-29(8-9-29)39-28-25-27(32-19-33-28)36(18-20-6-4-3-5-7-20)26(34-25)21-16-23(37-2)24(17-22(21)30)38-15-14-35-12-10-31-11-13-35/h3-7,16-17,19,31H,8-15,18H2,1-2H3. The maximum Gasteiger partial charge on any atom is 0.245 e. The molecule has 0 atom stereocenters. The normalized spacial score (nSPS) is 16.8. The fourth-order valence-corrected chi connectivity index (χ4v) is 5.06. The zero-order chi connectivity index (χ0) is 26.8. The molecule has 1 N–H and O–H groups in total. The van der Waals surface area contributed by atoms with Crippen LogP contribution in [-0.4, -0.2) is 76.5 Å². The van der Waals surface area contributed by atoms with Crippen molar-refractivity contribution in [2.75, 3.05) is 46.4 Å². The summed E-state index contributed by atoms with van der Waals surface area (Å²) in [7, 11) is 1.64. The van der Waals surface area contributed by atoms with Crippen LogP contribution in [0.4, 0.5) is 0 Å². The third-order valence-electron chi connectivity index (χ3n) is 7.35. The van der Waals surface area contributed by atoms with Crippen LogP contribution in [0.15, 0.2) is 48.8 Å². The highest BCUT2D eigenvalue weighted by atomic mass is 35.5. The van der Waals surface area contributed by atoms with Gasteiger partial charge < -0.3 is 24.1 Å². The summed E-state index contributed by atoms with van der Waals surface area (Å²) < 4.78 is 20.2. The number of halogens is 1. The summed E-state index contributed by atoms with van der Waals surface area (Å²) in [6.45, 7) is 8.09. The second-order valence-corrected chi connectivity index (χ2v) is 10.7. The van der Waals surface area contributed by atoms with Gasteiger partial charge in [0.15, 0.2) is 22.7 Å². The Bertz CT molecular complexity index is 1450. The molecule has 3 heterocycles. The summed E-state index contributed by atoms with van der Waals surface area (Å²) >= 11 is 6.90. The van der Waals surface area contributed by atoms with Gasteiger partial charge >= 0.3 is 0 Å². The molecule has 1 saturated heterocycles. The van der Waals surface area contributed by atoms with Crippen molar-refractivity contribution in [1.82, 2.24) is 29.7 Å². The lowest BCUT2D eigenvalue weighted by Gasteiger charge is -2.27. The summed E-state index contributed by atoms with van der Waals surface area (Å²) in [5.74, 6) is 2.36. The molecule has 1 saturated carbocycles. The Hall–Kier alpha value is -3.40. The van der Waals surface area contributed by atoms with E-state index in [1.807, 2.05) is 30.3 Å². The molecule has 0 unspecified atom stereocenters. The number of piperazine rings is 1. The summed E-state index contributed by atoms with van der Waals surface area (Å²) in [6, 6.07) is 13.9. The van der Waals surface area contributed by atoms with Crippen molar-refractivity contribution < 1.29 is 14.2 Å². The first kappa shape index (κ1) is 25.9. The van der Waals surface area contributed by atoms with Gasteiger partial charge in [-0.05, 0) is 31.4 Å². The fourth-order valence-electron chi connectivity index (χ4n) is 4.82. The number of methoxy groups -OCH3 is 1. The Balaban J connectivity index is 1.36. The third-order valence-corrected chi connectivity index (χ3v) is 7.66. The highest BCUT2D eigenvalue weighted by Crippen LogP contribution is 2.42. The molecule has 2 aromatic heterocycles. The van der Waals surface area contributed by atoms with E-state index in [0.29, 0.717) is 52.5 Å². The van der Waals surface area contributed by atoms with Gasteiger partial charge in [0.1, 0.15) is 24.4 Å². The smallest absolute Gasteiger partial charge is 0.245 e. The molecule has 10 heteroatoms. The average Bonchev–Trinajstić information content (AvgIpc) is 3.57. The zero-order valence-corrected chi connectivity index (χ0v) is 23.1. The van der Waals surface area contributed by atoms with Crippen LogP contribution in [0, 0.1) is 0 Å². The van der Waals surface area contributed by atoms with Gasteiger partial charge in [-0.25, -0.2) is 9.97 Å². The second-order valence-electron chi connectivity index (χ2n) is 10.3. The van der Waals surface area contributed by atoms with E-state index in [4.69, 9.17) is 30.8 Å². The van der Waals surface area contributed by atoms with E-state index in [2.05, 4.69) is 43.8 Å². The largest absolute Gasteiger partial charge is 0.493 e. The van der Waals surface area contributed by atoms with Gasteiger partial charge in [0.2, 0.25) is 5.88 Å². The van der Waals surface area contributed by atoms with Crippen LogP contribution in [0.1, 0.15) is 25.3 Å². The first-order chi connectivity index (χ1) is 19.0. The topological polar surface area (TPSA) is 86.6 Å². The highest BCUT2D eigenvalue weighted by molar-refractivity contribution is 6.33. The van der Waals surface area contributed by atoms with Crippen LogP contribution >= 0.6 is 11.6 Å². The number of hydrogen-bond donors (Lipinski definition) is 1. The lowest BCUT2D eigenvalue weighted by atomic mass is 10.1. The van der Waals surface area contributed by atoms with Crippen LogP contribution < -0.4 is 19.5 Å². The molecule has 0 radical (unpaired) electrons. The molecule has 9 nitrogen and oxygen atoms in total. The SMILES string of the molecule is COc1cc(-c2nc3c(OC4(C)CC4)ncnc3n2Cc2ccccc2)c(Cl)cc1OCCN1CCNCC1. The van der Waals surface area contributed by atoms with Crippen LogP contribution in [0.25, 0.3) is 22.6 Å². The molecule has 6 rings (SSSR count). The molecule has 0 bridgehead atoms. The Morgan fingerprint density at radius 3 is 2.59 bits per heavy atom. The maximum atomic E-state index is 6.90. The van der Waals surface area contributed by atoms with Crippen molar-refractivity contribution in [3.05, 3.63) is 59.4 Å². The minimum Gasteiger partial charge on any atom is -0.493 e. The quantitative estimate of drug-likeness (QED) is 0.312. The van der Waals surface area contributed by atoms with Gasteiger partial charge in [-0.15, -0.1) is 0 Å². The van der Waals surface area contributed by atoms with E-state index in [0.717, 1.165) is 56.7 Å². The molecule has 1 aliphatic heterocycles. The summed E-state index contributed by atoms with van der Waals surface area (Å²) in [5, 5.41) is 3.89. The van der Waals surface area contributed by atoms with E-state index in [-0.39, 0.29) is 5.60 Å². The summed E-state index contributed by atoms with van der Waals surface area (Å²) in [5.41, 5.74) is 2.94. The summed E-state index contributed by atoms with van der Waals surface area (Å²) in [4.78, 5) is 16.4. The Morgan fingerprint density at radius 1 is 1.05 bits per heavy atom. The number of hydrogen-bond acceptors (Lipinski definition) is 8. The van der Waals surface area contributed by atoms with Gasteiger partial charge in [0.25, 0.3) is 0 Å². The van der Waals surface area contributed by atoms with Crippen molar-refractivity contribution in [2.24, 2.45) is 0 Å². The van der Waals surface area contributed by atoms with Crippen LogP contribution in [0.5, 0.6) is 17.4 Å². The minimum atomic E-state index is -0.199. The van der Waals surface area contributed by atoms with Gasteiger partial charge in [-0.1, -0.05) is 41.9 Å². The van der Waals surface area contributed by atoms with E-state index >= 15 is 0 Å². The number of aromatic nitrogens is 4. The van der Waals surface area contributed by atoms with Gasteiger partial charge in [-0.3, -0.25) is 4.90 Å². The molecule has 0 amide bonds. The number of fused-ring (bicyclic) bond motifs is 1. The van der Waals surface area contributed by atoms with Crippen LogP contribution in [0.2, 0.25) is 5.02 Å². The molecule has 204 valence electrons. The maximum absolute atomic E-state index is 6.90. The molecular formula is C29H33ClN6O3. The van der Waals surface area contributed by atoms with Crippen LogP contribution in [-0.2, 0) is 6.54 Å². The van der Waals surface area contributed by atoms with Gasteiger partial charge in [0.05, 0.1) is 18.7 Å². The van der Waals surface area contributed by atoms with Crippen molar-refractivity contribution in [3.8, 4) is 28.8 Å². The zero-order valence-electron chi connectivity index (χ0n) is 22.3. The van der Waals surface area contributed by atoms with E-state index in [1.165, 1.54) is 6.33 Å². The lowest BCUT2D eigenvalue weighted by Crippen LogP contribution is -2.44. The van der Waals surface area contributed by atoms with Crippen molar-refractivity contribution in [3.63, 3.8) is 0 Å². The van der Waals surface area contributed by atoms with Gasteiger partial charge in [0, 0.05) is 44.4 Å². The van der Waals surface area contributed by atoms with Crippen molar-refractivity contribution in [1.29, 1.82) is 0 Å². The molecule has 2 aromatic carbocycles. The average molecular weight is 549 g/mol. The number of benzene rings is 2. The molecular weight excluding hydrogens is 516 g/mol. The Morgan fingerprint density at radius 2 is 1.85 bits per heavy atom.